The topological polar surface area (TPSA) is 69.8 Å². The average Bonchev–Trinajstić information content (AvgIpc) is 3.49. The minimum Gasteiger partial charge on any atom is -0.497 e. The molecule has 2 aromatic carbocycles. The van der Waals surface area contributed by atoms with Gasteiger partial charge in [-0.3, -0.25) is 14.6 Å². The van der Waals surface area contributed by atoms with Crippen LogP contribution in [0.2, 0.25) is 0 Å². The Hall–Kier alpha value is -3.03. The molecular formula is C29H38N4O3. The second-order valence-electron chi connectivity index (χ2n) is 9.90. The minimum atomic E-state index is -0.0756. The molecule has 7 heteroatoms. The molecule has 0 bridgehead atoms. The highest BCUT2D eigenvalue weighted by atomic mass is 16.5. The fourth-order valence-electron chi connectivity index (χ4n) is 6.00. The van der Waals surface area contributed by atoms with Gasteiger partial charge in [0.15, 0.2) is 0 Å². The number of ether oxygens (including phenoxy) is 2. The lowest BCUT2D eigenvalue weighted by Crippen LogP contribution is -2.53. The van der Waals surface area contributed by atoms with Crippen LogP contribution in [-0.4, -0.2) is 73.7 Å². The van der Waals surface area contributed by atoms with Crippen molar-refractivity contribution in [3.8, 4) is 11.5 Å². The summed E-state index contributed by atoms with van der Waals surface area (Å²) in [5, 5.41) is 4.21. The van der Waals surface area contributed by atoms with Crippen molar-refractivity contribution in [1.29, 1.82) is 0 Å². The molecule has 1 aromatic heterocycles. The van der Waals surface area contributed by atoms with Crippen molar-refractivity contribution in [2.75, 3.05) is 53.0 Å². The highest BCUT2D eigenvalue weighted by molar-refractivity contribution is 5.87. The van der Waals surface area contributed by atoms with Crippen LogP contribution < -0.4 is 14.8 Å². The SMILES string of the molecule is CCNC(=O)CCCN1CCc2c([nH]c3ccc(OC)cc23)C12CCN(CCOc1ccccc1)C2. The van der Waals surface area contributed by atoms with Gasteiger partial charge in [0.1, 0.15) is 18.1 Å². The number of carbonyl (C=O) groups is 1. The van der Waals surface area contributed by atoms with E-state index in [9.17, 15) is 4.79 Å². The molecule has 1 atom stereocenters. The zero-order valence-electron chi connectivity index (χ0n) is 21.5. The Balaban J connectivity index is 1.36. The van der Waals surface area contributed by atoms with E-state index in [1.54, 1.807) is 7.11 Å². The van der Waals surface area contributed by atoms with Gasteiger partial charge < -0.3 is 19.8 Å². The zero-order chi connectivity index (χ0) is 25.0. The molecule has 3 heterocycles. The molecule has 2 N–H and O–H groups in total. The maximum absolute atomic E-state index is 12.1. The smallest absolute Gasteiger partial charge is 0.220 e. The molecule has 1 unspecified atom stereocenters. The Morgan fingerprint density at radius 1 is 1.11 bits per heavy atom. The van der Waals surface area contributed by atoms with Crippen molar-refractivity contribution in [2.45, 2.75) is 38.1 Å². The van der Waals surface area contributed by atoms with Crippen LogP contribution in [0.25, 0.3) is 10.9 Å². The van der Waals surface area contributed by atoms with Crippen LogP contribution in [0.15, 0.2) is 48.5 Å². The molecule has 0 radical (unpaired) electrons. The molecule has 3 aromatic rings. The van der Waals surface area contributed by atoms with Crippen LogP contribution in [-0.2, 0) is 16.8 Å². The monoisotopic (exact) mass is 490 g/mol. The van der Waals surface area contributed by atoms with Crippen molar-refractivity contribution in [3.63, 3.8) is 0 Å². The second-order valence-corrected chi connectivity index (χ2v) is 9.90. The molecule has 1 saturated heterocycles. The summed E-state index contributed by atoms with van der Waals surface area (Å²) in [5.74, 6) is 1.96. The number of carbonyl (C=O) groups excluding carboxylic acids is 1. The number of fused-ring (bicyclic) bond motifs is 4. The number of likely N-dealkylation sites (tertiary alicyclic amines) is 1. The molecule has 0 saturated carbocycles. The Morgan fingerprint density at radius 2 is 1.97 bits per heavy atom. The molecule has 5 rings (SSSR count). The highest BCUT2D eigenvalue weighted by Gasteiger charge is 2.48. The predicted molar refractivity (Wildman–Crippen MR) is 143 cm³/mol. The Morgan fingerprint density at radius 3 is 2.78 bits per heavy atom. The van der Waals surface area contributed by atoms with E-state index in [0.29, 0.717) is 19.6 Å². The summed E-state index contributed by atoms with van der Waals surface area (Å²) in [7, 11) is 1.73. The first kappa shape index (κ1) is 24.7. The molecule has 0 aliphatic carbocycles. The first-order valence-electron chi connectivity index (χ1n) is 13.2. The lowest BCUT2D eigenvalue weighted by Gasteiger charge is -2.45. The van der Waals surface area contributed by atoms with Gasteiger partial charge in [0.05, 0.1) is 12.6 Å². The van der Waals surface area contributed by atoms with E-state index in [1.165, 1.54) is 22.2 Å². The molecule has 36 heavy (non-hydrogen) atoms. The number of rotatable bonds is 10. The van der Waals surface area contributed by atoms with Gasteiger partial charge in [-0.15, -0.1) is 0 Å². The summed E-state index contributed by atoms with van der Waals surface area (Å²) in [6.07, 6.45) is 3.51. The fourth-order valence-corrected chi connectivity index (χ4v) is 6.00. The summed E-state index contributed by atoms with van der Waals surface area (Å²) >= 11 is 0. The Labute approximate surface area is 213 Å². The molecule has 2 aliphatic rings. The van der Waals surface area contributed by atoms with Gasteiger partial charge in [0.2, 0.25) is 5.91 Å². The van der Waals surface area contributed by atoms with Gasteiger partial charge in [-0.05, 0) is 68.6 Å². The van der Waals surface area contributed by atoms with Gasteiger partial charge in [0.25, 0.3) is 0 Å². The van der Waals surface area contributed by atoms with Crippen LogP contribution in [0, 0.1) is 0 Å². The maximum Gasteiger partial charge on any atom is 0.220 e. The number of methoxy groups -OCH3 is 1. The normalized spacial score (nSPS) is 20.1. The van der Waals surface area contributed by atoms with E-state index < -0.39 is 0 Å². The number of hydrogen-bond donors (Lipinski definition) is 2. The summed E-state index contributed by atoms with van der Waals surface area (Å²) in [6, 6.07) is 16.4. The summed E-state index contributed by atoms with van der Waals surface area (Å²) < 4.78 is 11.5. The van der Waals surface area contributed by atoms with Crippen molar-refractivity contribution >= 4 is 16.8 Å². The van der Waals surface area contributed by atoms with Crippen molar-refractivity contribution in [2.24, 2.45) is 0 Å². The molecule has 192 valence electrons. The summed E-state index contributed by atoms with van der Waals surface area (Å²) in [5.41, 5.74) is 3.87. The number of benzene rings is 2. The number of nitrogens with one attached hydrogen (secondary N) is 2. The van der Waals surface area contributed by atoms with Crippen LogP contribution in [0.1, 0.15) is 37.4 Å². The first-order chi connectivity index (χ1) is 17.6. The third-order valence-corrected chi connectivity index (χ3v) is 7.77. The quantitative estimate of drug-likeness (QED) is 0.451. The average molecular weight is 491 g/mol. The van der Waals surface area contributed by atoms with E-state index in [2.05, 4.69) is 32.2 Å². The lowest BCUT2D eigenvalue weighted by atomic mass is 9.83. The largest absolute Gasteiger partial charge is 0.497 e. The number of H-pyrrole nitrogens is 1. The molecule has 1 fully saturated rings. The van der Waals surface area contributed by atoms with Gasteiger partial charge in [-0.2, -0.15) is 0 Å². The molecule has 1 spiro atoms. The van der Waals surface area contributed by atoms with E-state index in [0.717, 1.165) is 63.5 Å². The molecule has 2 aliphatic heterocycles. The Kier molecular flexibility index (Phi) is 7.48. The lowest BCUT2D eigenvalue weighted by molar-refractivity contribution is -0.121. The molecular weight excluding hydrogens is 452 g/mol. The van der Waals surface area contributed by atoms with E-state index in [4.69, 9.17) is 9.47 Å². The second kappa shape index (κ2) is 10.9. The third kappa shape index (κ3) is 4.95. The van der Waals surface area contributed by atoms with Gasteiger partial charge in [-0.1, -0.05) is 18.2 Å². The van der Waals surface area contributed by atoms with Crippen LogP contribution >= 0.6 is 0 Å². The number of aromatic nitrogens is 1. The molecule has 1 amide bonds. The number of hydrogen-bond acceptors (Lipinski definition) is 5. The fraction of sp³-hybridized carbons (Fsp3) is 0.483. The predicted octanol–water partition coefficient (Wildman–Crippen LogP) is 3.93. The van der Waals surface area contributed by atoms with Crippen LogP contribution in [0.3, 0.4) is 0 Å². The first-order valence-corrected chi connectivity index (χ1v) is 13.2. The summed E-state index contributed by atoms with van der Waals surface area (Å²) in [6.45, 7) is 8.14. The van der Waals surface area contributed by atoms with Gasteiger partial charge in [0, 0.05) is 55.7 Å². The molecule has 7 nitrogen and oxygen atoms in total. The van der Waals surface area contributed by atoms with Crippen molar-refractivity contribution in [3.05, 3.63) is 59.8 Å². The van der Waals surface area contributed by atoms with Crippen LogP contribution in [0.4, 0.5) is 0 Å². The number of amides is 1. The Bertz CT molecular complexity index is 1180. The maximum atomic E-state index is 12.1. The van der Waals surface area contributed by atoms with Crippen molar-refractivity contribution in [1.82, 2.24) is 20.1 Å². The number of nitrogens with zero attached hydrogens (tertiary/aromatic N) is 2. The standard InChI is InChI=1S/C29H38N4O3/c1-3-30-27(34)10-7-15-33-16-13-24-25-20-23(35-2)11-12-26(25)31-28(24)29(33)14-17-32(21-29)18-19-36-22-8-5-4-6-9-22/h4-6,8-9,11-12,20,31H,3,7,10,13-19,21H2,1-2H3,(H,30,34). The minimum absolute atomic E-state index is 0.0756. The van der Waals surface area contributed by atoms with E-state index >= 15 is 0 Å². The zero-order valence-corrected chi connectivity index (χ0v) is 21.5. The summed E-state index contributed by atoms with van der Waals surface area (Å²) in [4.78, 5) is 21.1. The third-order valence-electron chi connectivity index (χ3n) is 7.77. The van der Waals surface area contributed by atoms with Crippen molar-refractivity contribution < 1.29 is 14.3 Å². The highest BCUT2D eigenvalue weighted by Crippen LogP contribution is 2.45. The number of aromatic amines is 1. The van der Waals surface area contributed by atoms with Crippen LogP contribution in [0.5, 0.6) is 11.5 Å². The van der Waals surface area contributed by atoms with Gasteiger partial charge in [-0.25, -0.2) is 0 Å². The van der Waals surface area contributed by atoms with Gasteiger partial charge >= 0.3 is 0 Å². The van der Waals surface area contributed by atoms with E-state index in [1.807, 2.05) is 43.3 Å². The van der Waals surface area contributed by atoms with E-state index in [-0.39, 0.29) is 11.4 Å². The number of para-hydroxylation sites is 1.